The van der Waals surface area contributed by atoms with Crippen LogP contribution in [0.2, 0.25) is 5.02 Å². The topological polar surface area (TPSA) is 15.7 Å². The molecule has 3 heterocycles. The molecule has 1 aromatic rings. The van der Waals surface area contributed by atoms with E-state index < -0.39 is 0 Å². The van der Waals surface area contributed by atoms with Gasteiger partial charge >= 0.3 is 0 Å². The van der Waals surface area contributed by atoms with Crippen LogP contribution in [0.3, 0.4) is 0 Å². The van der Waals surface area contributed by atoms with Gasteiger partial charge in [0.05, 0.1) is 11.7 Å². The quantitative estimate of drug-likeness (QED) is 0.841. The van der Waals surface area contributed by atoms with Gasteiger partial charge in [-0.15, -0.1) is 0 Å². The highest BCUT2D eigenvalue weighted by Crippen LogP contribution is 2.55. The minimum Gasteiger partial charge on any atom is -0.370 e. The highest BCUT2D eigenvalue weighted by atomic mass is 35.5. The van der Waals surface area contributed by atoms with Crippen molar-refractivity contribution >= 4 is 11.6 Å². The van der Waals surface area contributed by atoms with Gasteiger partial charge in [-0.3, -0.25) is 4.90 Å². The van der Waals surface area contributed by atoms with Gasteiger partial charge in [-0.25, -0.2) is 0 Å². The Hall–Kier alpha value is -0.610. The molecule has 23 heavy (non-hydrogen) atoms. The molecule has 4 rings (SSSR count). The SMILES string of the molecule is Cc1cc(Cl)ccc1CN1C[C@@H]2[C@H](CN(C)C)[C@H]3CC[C@]2(C1)O3. The summed E-state index contributed by atoms with van der Waals surface area (Å²) in [6.45, 7) is 6.61. The first kappa shape index (κ1) is 15.9. The fraction of sp³-hybridized carbons (Fsp3) is 0.684. The standard InChI is InChI=1S/C19H27ClN2O/c1-13-8-15(20)5-4-14(13)9-22-11-17-16(10-21(2)3)18-6-7-19(17,12-22)23-18/h4-5,8,16-18H,6-7,9-12H2,1-3H3/t16-,17+,18+,19+/m0/s1. The maximum atomic E-state index is 6.53. The summed E-state index contributed by atoms with van der Waals surface area (Å²) in [5.74, 6) is 1.41. The second-order valence-corrected chi connectivity index (χ2v) is 8.47. The molecule has 1 spiro atoms. The van der Waals surface area contributed by atoms with Gasteiger partial charge in [0.25, 0.3) is 0 Å². The Balaban J connectivity index is 1.50. The van der Waals surface area contributed by atoms with Crippen molar-refractivity contribution < 1.29 is 4.74 Å². The van der Waals surface area contributed by atoms with Crippen LogP contribution in [0.4, 0.5) is 0 Å². The summed E-state index contributed by atoms with van der Waals surface area (Å²) in [5.41, 5.74) is 2.83. The maximum absolute atomic E-state index is 6.53. The minimum atomic E-state index is 0.145. The molecule has 0 unspecified atom stereocenters. The summed E-state index contributed by atoms with van der Waals surface area (Å²) < 4.78 is 6.53. The van der Waals surface area contributed by atoms with E-state index in [0.717, 1.165) is 24.7 Å². The van der Waals surface area contributed by atoms with Gasteiger partial charge < -0.3 is 9.64 Å². The minimum absolute atomic E-state index is 0.145. The molecule has 3 nitrogen and oxygen atoms in total. The molecule has 2 bridgehead atoms. The van der Waals surface area contributed by atoms with E-state index in [4.69, 9.17) is 16.3 Å². The van der Waals surface area contributed by atoms with Gasteiger partial charge in [0.2, 0.25) is 0 Å². The van der Waals surface area contributed by atoms with E-state index in [0.29, 0.717) is 17.9 Å². The molecule has 4 atom stereocenters. The lowest BCUT2D eigenvalue weighted by molar-refractivity contribution is 0.00143. The van der Waals surface area contributed by atoms with Crippen LogP contribution in [0.25, 0.3) is 0 Å². The van der Waals surface area contributed by atoms with Crippen LogP contribution < -0.4 is 0 Å². The summed E-state index contributed by atoms with van der Waals surface area (Å²) >= 11 is 6.09. The van der Waals surface area contributed by atoms with Crippen molar-refractivity contribution in [2.45, 2.75) is 38.0 Å². The molecule has 0 radical (unpaired) electrons. The van der Waals surface area contributed by atoms with Crippen LogP contribution in [0.15, 0.2) is 18.2 Å². The summed E-state index contributed by atoms with van der Waals surface area (Å²) in [5, 5.41) is 0.830. The molecule has 0 aliphatic carbocycles. The van der Waals surface area contributed by atoms with E-state index in [9.17, 15) is 0 Å². The van der Waals surface area contributed by atoms with Crippen LogP contribution in [0, 0.1) is 18.8 Å². The van der Waals surface area contributed by atoms with E-state index in [1.165, 1.54) is 30.5 Å². The number of nitrogens with zero attached hydrogens (tertiary/aromatic N) is 2. The highest BCUT2D eigenvalue weighted by Gasteiger charge is 2.62. The van der Waals surface area contributed by atoms with Crippen molar-refractivity contribution in [1.29, 1.82) is 0 Å². The predicted octanol–water partition coefficient (Wildman–Crippen LogP) is 3.19. The Bertz CT molecular complexity index is 605. The first-order valence-corrected chi connectivity index (χ1v) is 9.14. The number of benzene rings is 1. The molecule has 0 N–H and O–H groups in total. The predicted molar refractivity (Wildman–Crippen MR) is 93.8 cm³/mol. The molecular formula is C19H27ClN2O. The van der Waals surface area contributed by atoms with Gasteiger partial charge in [-0.2, -0.15) is 0 Å². The highest BCUT2D eigenvalue weighted by molar-refractivity contribution is 6.30. The average Bonchev–Trinajstić information content (AvgIpc) is 3.11. The Labute approximate surface area is 144 Å². The van der Waals surface area contributed by atoms with E-state index >= 15 is 0 Å². The van der Waals surface area contributed by atoms with Gasteiger partial charge in [-0.1, -0.05) is 17.7 Å². The molecule has 4 heteroatoms. The van der Waals surface area contributed by atoms with Gasteiger partial charge in [0.15, 0.2) is 0 Å². The van der Waals surface area contributed by atoms with E-state index in [-0.39, 0.29) is 5.60 Å². The summed E-state index contributed by atoms with van der Waals surface area (Å²) in [6.07, 6.45) is 3.01. The summed E-state index contributed by atoms with van der Waals surface area (Å²) in [6, 6.07) is 6.26. The first-order chi connectivity index (χ1) is 11.0. The maximum Gasteiger partial charge on any atom is 0.0858 e. The molecule has 0 amide bonds. The Morgan fingerprint density at radius 3 is 2.96 bits per heavy atom. The van der Waals surface area contributed by atoms with Crippen molar-refractivity contribution in [1.82, 2.24) is 9.80 Å². The number of aryl methyl sites for hydroxylation is 1. The van der Waals surface area contributed by atoms with Crippen LogP contribution >= 0.6 is 11.6 Å². The van der Waals surface area contributed by atoms with E-state index in [1.807, 2.05) is 6.07 Å². The first-order valence-electron chi connectivity index (χ1n) is 8.77. The molecule has 3 saturated heterocycles. The Kier molecular flexibility index (Phi) is 3.96. The second kappa shape index (κ2) is 5.73. The van der Waals surface area contributed by atoms with Gasteiger partial charge in [0.1, 0.15) is 0 Å². The van der Waals surface area contributed by atoms with Crippen LogP contribution in [0.1, 0.15) is 24.0 Å². The van der Waals surface area contributed by atoms with Crippen LogP contribution in [0.5, 0.6) is 0 Å². The van der Waals surface area contributed by atoms with Crippen LogP contribution in [-0.4, -0.2) is 55.2 Å². The fourth-order valence-electron chi connectivity index (χ4n) is 5.15. The number of rotatable bonds is 4. The zero-order chi connectivity index (χ0) is 16.2. The Morgan fingerprint density at radius 1 is 1.39 bits per heavy atom. The third-order valence-corrected chi connectivity index (χ3v) is 6.36. The monoisotopic (exact) mass is 334 g/mol. The zero-order valence-electron chi connectivity index (χ0n) is 14.4. The van der Waals surface area contributed by atoms with Crippen molar-refractivity contribution in [3.8, 4) is 0 Å². The molecule has 3 aliphatic rings. The summed E-state index contributed by atoms with van der Waals surface area (Å²) in [7, 11) is 4.37. The fourth-order valence-corrected chi connectivity index (χ4v) is 5.38. The zero-order valence-corrected chi connectivity index (χ0v) is 15.1. The second-order valence-electron chi connectivity index (χ2n) is 8.03. The third-order valence-electron chi connectivity index (χ3n) is 6.13. The number of ether oxygens (including phenoxy) is 1. The number of fused-ring (bicyclic) bond motifs is 1. The van der Waals surface area contributed by atoms with E-state index in [1.54, 1.807) is 0 Å². The van der Waals surface area contributed by atoms with Gasteiger partial charge in [-0.05, 0) is 57.1 Å². The average molecular weight is 335 g/mol. The molecule has 0 aromatic heterocycles. The molecule has 3 aliphatic heterocycles. The van der Waals surface area contributed by atoms with Crippen molar-refractivity contribution in [3.05, 3.63) is 34.3 Å². The lowest BCUT2D eigenvalue weighted by Crippen LogP contribution is -2.40. The number of hydrogen-bond acceptors (Lipinski definition) is 3. The van der Waals surface area contributed by atoms with Gasteiger partial charge in [0, 0.05) is 43.0 Å². The molecule has 0 saturated carbocycles. The lowest BCUT2D eigenvalue weighted by Gasteiger charge is -2.31. The molecule has 126 valence electrons. The lowest BCUT2D eigenvalue weighted by atomic mass is 9.73. The van der Waals surface area contributed by atoms with Crippen molar-refractivity contribution in [2.24, 2.45) is 11.8 Å². The normalized spacial score (nSPS) is 36.1. The van der Waals surface area contributed by atoms with Crippen molar-refractivity contribution in [3.63, 3.8) is 0 Å². The number of halogens is 1. The Morgan fingerprint density at radius 2 is 2.22 bits per heavy atom. The van der Waals surface area contributed by atoms with Crippen molar-refractivity contribution in [2.75, 3.05) is 33.7 Å². The van der Waals surface area contributed by atoms with E-state index in [2.05, 4.69) is 43.0 Å². The third kappa shape index (κ3) is 2.72. The number of likely N-dealkylation sites (tertiary alicyclic amines) is 1. The van der Waals surface area contributed by atoms with Crippen LogP contribution in [-0.2, 0) is 11.3 Å². The molecular weight excluding hydrogens is 308 g/mol. The smallest absolute Gasteiger partial charge is 0.0858 e. The summed E-state index contributed by atoms with van der Waals surface area (Å²) in [4.78, 5) is 4.93. The number of hydrogen-bond donors (Lipinski definition) is 0. The largest absolute Gasteiger partial charge is 0.370 e. The molecule has 3 fully saturated rings. The molecule has 1 aromatic carbocycles.